The maximum absolute atomic E-state index is 13.7. The molecule has 2 rings (SSSR count). The van der Waals surface area contributed by atoms with Gasteiger partial charge in [0, 0.05) is 12.1 Å². The van der Waals surface area contributed by atoms with Crippen LogP contribution >= 0.6 is 0 Å². The van der Waals surface area contributed by atoms with Crippen LogP contribution in [0.5, 0.6) is 0 Å². The highest BCUT2D eigenvalue weighted by atomic mass is 32.2. The second kappa shape index (κ2) is 6.90. The van der Waals surface area contributed by atoms with Gasteiger partial charge in [0.2, 0.25) is 0 Å². The van der Waals surface area contributed by atoms with Crippen molar-refractivity contribution in [3.8, 4) is 11.1 Å². The molecule has 24 heavy (non-hydrogen) atoms. The van der Waals surface area contributed by atoms with E-state index in [0.717, 1.165) is 0 Å². The lowest BCUT2D eigenvalue weighted by molar-refractivity contribution is -0.0447. The number of halogens is 4. The van der Waals surface area contributed by atoms with Crippen molar-refractivity contribution in [1.82, 2.24) is 4.72 Å². The zero-order valence-electron chi connectivity index (χ0n) is 12.6. The largest absolute Gasteiger partial charge is 0.511 e. The van der Waals surface area contributed by atoms with E-state index in [2.05, 4.69) is 0 Å². The van der Waals surface area contributed by atoms with Gasteiger partial charge in [-0.05, 0) is 23.1 Å². The third kappa shape index (κ3) is 4.12. The van der Waals surface area contributed by atoms with Crippen LogP contribution in [0.15, 0.2) is 48.5 Å². The van der Waals surface area contributed by atoms with E-state index in [1.165, 1.54) is 10.8 Å². The van der Waals surface area contributed by atoms with Gasteiger partial charge in [-0.3, -0.25) is 0 Å². The standard InChI is InChI=1S/C16H15F4NO2S/c1-11(10-21-24(22,23)16(18,19)20)12-6-8-13(9-7-12)14-4-2-3-5-15(14)17/h2-9,11,21H,10H2,1H3/t11-/m1/s1. The number of alkyl halides is 3. The van der Waals surface area contributed by atoms with Crippen LogP contribution in [0.25, 0.3) is 11.1 Å². The second-order valence-electron chi connectivity index (χ2n) is 5.30. The first-order valence-corrected chi connectivity index (χ1v) is 8.51. The number of nitrogens with one attached hydrogen (secondary N) is 1. The lowest BCUT2D eigenvalue weighted by Gasteiger charge is -2.15. The predicted octanol–water partition coefficient (Wildman–Crippen LogP) is 4.04. The average Bonchev–Trinajstić information content (AvgIpc) is 2.52. The first-order chi connectivity index (χ1) is 11.1. The van der Waals surface area contributed by atoms with Crippen LogP contribution in [0, 0.1) is 5.82 Å². The molecule has 0 saturated heterocycles. The van der Waals surface area contributed by atoms with Gasteiger partial charge in [-0.1, -0.05) is 49.4 Å². The molecule has 0 spiro atoms. The van der Waals surface area contributed by atoms with Crippen molar-refractivity contribution in [3.63, 3.8) is 0 Å². The molecule has 0 radical (unpaired) electrons. The number of hydrogen-bond acceptors (Lipinski definition) is 2. The Balaban J connectivity index is 2.10. The highest BCUT2D eigenvalue weighted by Gasteiger charge is 2.45. The Morgan fingerprint density at radius 3 is 2.17 bits per heavy atom. The van der Waals surface area contributed by atoms with Gasteiger partial charge in [-0.2, -0.15) is 13.2 Å². The summed E-state index contributed by atoms with van der Waals surface area (Å²) < 4.78 is 74.1. The lowest BCUT2D eigenvalue weighted by atomic mass is 9.97. The van der Waals surface area contributed by atoms with Crippen LogP contribution in [0.4, 0.5) is 17.6 Å². The number of benzene rings is 2. The molecule has 130 valence electrons. The molecule has 8 heteroatoms. The summed E-state index contributed by atoms with van der Waals surface area (Å²) in [4.78, 5) is 0. The fourth-order valence-electron chi connectivity index (χ4n) is 2.12. The topological polar surface area (TPSA) is 46.2 Å². The van der Waals surface area contributed by atoms with E-state index in [1.807, 2.05) is 0 Å². The molecular weight excluding hydrogens is 346 g/mol. The third-order valence-corrected chi connectivity index (χ3v) is 4.70. The zero-order valence-corrected chi connectivity index (χ0v) is 13.5. The quantitative estimate of drug-likeness (QED) is 0.817. The molecular formula is C16H15F4NO2S. The minimum atomic E-state index is -5.36. The summed E-state index contributed by atoms with van der Waals surface area (Å²) >= 11 is 0. The molecule has 0 amide bonds. The van der Waals surface area contributed by atoms with E-state index >= 15 is 0 Å². The van der Waals surface area contributed by atoms with Crippen molar-refractivity contribution in [2.75, 3.05) is 6.54 Å². The highest BCUT2D eigenvalue weighted by Crippen LogP contribution is 2.26. The summed E-state index contributed by atoms with van der Waals surface area (Å²) in [5, 5.41) is 0. The third-order valence-electron chi connectivity index (χ3n) is 3.55. The first-order valence-electron chi connectivity index (χ1n) is 7.02. The molecule has 0 aliphatic rings. The molecule has 1 atom stereocenters. The van der Waals surface area contributed by atoms with E-state index in [4.69, 9.17) is 0 Å². The van der Waals surface area contributed by atoms with Gasteiger partial charge < -0.3 is 0 Å². The summed E-state index contributed by atoms with van der Waals surface area (Å²) in [6, 6.07) is 12.8. The molecule has 2 aromatic carbocycles. The van der Waals surface area contributed by atoms with Gasteiger partial charge in [0.15, 0.2) is 0 Å². The second-order valence-corrected chi connectivity index (χ2v) is 7.06. The van der Waals surface area contributed by atoms with E-state index in [0.29, 0.717) is 16.7 Å². The Morgan fingerprint density at radius 1 is 1.04 bits per heavy atom. The molecule has 3 nitrogen and oxygen atoms in total. The van der Waals surface area contributed by atoms with Crippen LogP contribution in [-0.4, -0.2) is 20.5 Å². The first kappa shape index (κ1) is 18.4. The van der Waals surface area contributed by atoms with Crippen molar-refractivity contribution < 1.29 is 26.0 Å². The van der Waals surface area contributed by atoms with Gasteiger partial charge in [-0.15, -0.1) is 0 Å². The molecule has 0 aromatic heterocycles. The van der Waals surface area contributed by atoms with E-state index in [9.17, 15) is 26.0 Å². The van der Waals surface area contributed by atoms with Gasteiger partial charge in [0.1, 0.15) is 5.82 Å². The average molecular weight is 361 g/mol. The van der Waals surface area contributed by atoms with Crippen molar-refractivity contribution in [2.45, 2.75) is 18.3 Å². The van der Waals surface area contributed by atoms with Crippen molar-refractivity contribution in [3.05, 3.63) is 59.9 Å². The van der Waals surface area contributed by atoms with E-state index in [1.54, 1.807) is 49.4 Å². The van der Waals surface area contributed by atoms with Gasteiger partial charge in [0.05, 0.1) is 0 Å². The fourth-order valence-corrected chi connectivity index (χ4v) is 2.75. The Bertz CT molecular complexity index is 802. The molecule has 0 heterocycles. The number of hydrogen-bond donors (Lipinski definition) is 1. The summed E-state index contributed by atoms with van der Waals surface area (Å²) in [5.41, 5.74) is -3.66. The van der Waals surface area contributed by atoms with Crippen molar-refractivity contribution in [1.29, 1.82) is 0 Å². The maximum atomic E-state index is 13.7. The van der Waals surface area contributed by atoms with Gasteiger partial charge >= 0.3 is 15.5 Å². The van der Waals surface area contributed by atoms with Crippen LogP contribution in [0.1, 0.15) is 18.4 Å². The lowest BCUT2D eigenvalue weighted by Crippen LogP contribution is -2.38. The van der Waals surface area contributed by atoms with Crippen molar-refractivity contribution in [2.24, 2.45) is 0 Å². The Hall–Kier alpha value is -1.93. The van der Waals surface area contributed by atoms with Crippen LogP contribution in [0.3, 0.4) is 0 Å². The summed E-state index contributed by atoms with van der Waals surface area (Å²) in [5.74, 6) is -0.854. The monoisotopic (exact) mass is 361 g/mol. The zero-order chi connectivity index (χ0) is 18.0. The molecule has 1 N–H and O–H groups in total. The molecule has 0 aliphatic heterocycles. The number of sulfonamides is 1. The SMILES string of the molecule is C[C@H](CNS(=O)(=O)C(F)(F)F)c1ccc(-c2ccccc2F)cc1. The Morgan fingerprint density at radius 2 is 1.62 bits per heavy atom. The molecule has 0 aliphatic carbocycles. The Labute approximate surface area is 137 Å². The summed E-state index contributed by atoms with van der Waals surface area (Å²) in [6.45, 7) is 1.21. The Kier molecular flexibility index (Phi) is 5.29. The minimum absolute atomic E-state index is 0.378. The molecule has 0 saturated carbocycles. The van der Waals surface area contributed by atoms with Gasteiger partial charge in [0.25, 0.3) is 0 Å². The fraction of sp³-hybridized carbons (Fsp3) is 0.250. The summed E-state index contributed by atoms with van der Waals surface area (Å²) in [6.07, 6.45) is 0. The van der Waals surface area contributed by atoms with Gasteiger partial charge in [-0.25, -0.2) is 17.5 Å². The maximum Gasteiger partial charge on any atom is 0.511 e. The van der Waals surface area contributed by atoms with Crippen LogP contribution in [-0.2, 0) is 10.0 Å². The number of rotatable bonds is 5. The smallest absolute Gasteiger partial charge is 0.207 e. The predicted molar refractivity (Wildman–Crippen MR) is 83.2 cm³/mol. The van der Waals surface area contributed by atoms with E-state index < -0.39 is 21.4 Å². The molecule has 0 bridgehead atoms. The highest BCUT2D eigenvalue weighted by molar-refractivity contribution is 7.90. The summed E-state index contributed by atoms with van der Waals surface area (Å²) in [7, 11) is -5.36. The van der Waals surface area contributed by atoms with E-state index in [-0.39, 0.29) is 12.4 Å². The molecule has 2 aromatic rings. The minimum Gasteiger partial charge on any atom is -0.207 e. The molecule has 0 unspecified atom stereocenters. The van der Waals surface area contributed by atoms with Crippen molar-refractivity contribution >= 4 is 10.0 Å². The molecule has 0 fully saturated rings. The van der Waals surface area contributed by atoms with Crippen LogP contribution in [0.2, 0.25) is 0 Å². The van der Waals surface area contributed by atoms with Crippen LogP contribution < -0.4 is 4.72 Å². The normalized spacial score (nSPS) is 13.7.